The van der Waals surface area contributed by atoms with Gasteiger partial charge in [-0.1, -0.05) is 30.3 Å². The summed E-state index contributed by atoms with van der Waals surface area (Å²) in [4.78, 5) is 34.9. The van der Waals surface area contributed by atoms with Gasteiger partial charge in [-0.15, -0.1) is 0 Å². The number of amides is 1. The van der Waals surface area contributed by atoms with Gasteiger partial charge < -0.3 is 10.4 Å². The van der Waals surface area contributed by atoms with Gasteiger partial charge in [-0.3, -0.25) is 9.59 Å². The Hall–Kier alpha value is -2.95. The minimum absolute atomic E-state index is 0.168. The molecule has 0 saturated carbocycles. The Morgan fingerprint density at radius 1 is 1.00 bits per heavy atom. The molecule has 0 spiro atoms. The highest BCUT2D eigenvalue weighted by molar-refractivity contribution is 6.06. The van der Waals surface area contributed by atoms with Crippen LogP contribution in [0.3, 0.4) is 0 Å². The first-order chi connectivity index (χ1) is 11.0. The molecule has 1 unspecified atom stereocenters. The number of carboxylic acids is 1. The van der Waals surface area contributed by atoms with Gasteiger partial charge in [-0.2, -0.15) is 0 Å². The fourth-order valence-corrected chi connectivity index (χ4v) is 2.19. The molecule has 0 saturated heterocycles. The van der Waals surface area contributed by atoms with Crippen LogP contribution < -0.4 is 5.32 Å². The molecule has 0 aliphatic carbocycles. The van der Waals surface area contributed by atoms with Crippen molar-refractivity contribution in [1.82, 2.24) is 0 Å². The van der Waals surface area contributed by atoms with Gasteiger partial charge in [-0.05, 0) is 43.2 Å². The van der Waals surface area contributed by atoms with E-state index in [4.69, 9.17) is 5.11 Å². The predicted molar refractivity (Wildman–Crippen MR) is 86.3 cm³/mol. The van der Waals surface area contributed by atoms with E-state index < -0.39 is 11.9 Å². The lowest BCUT2D eigenvalue weighted by molar-refractivity contribution is -0.129. The van der Waals surface area contributed by atoms with Gasteiger partial charge in [0.2, 0.25) is 5.91 Å². The van der Waals surface area contributed by atoms with Crippen molar-refractivity contribution < 1.29 is 19.5 Å². The summed E-state index contributed by atoms with van der Waals surface area (Å²) in [6.45, 7) is 1.38. The largest absolute Gasteiger partial charge is 0.478 e. The number of para-hydroxylation sites is 1. The third kappa shape index (κ3) is 4.51. The molecule has 5 heteroatoms. The average molecular weight is 311 g/mol. The molecule has 0 radical (unpaired) electrons. The maximum Gasteiger partial charge on any atom is 0.335 e. The number of anilines is 1. The van der Waals surface area contributed by atoms with Crippen molar-refractivity contribution in [3.63, 3.8) is 0 Å². The Morgan fingerprint density at radius 2 is 1.61 bits per heavy atom. The smallest absolute Gasteiger partial charge is 0.335 e. The predicted octanol–water partition coefficient (Wildman–Crippen LogP) is 2.77. The van der Waals surface area contributed by atoms with Gasteiger partial charge in [-0.25, -0.2) is 4.79 Å². The number of benzene rings is 2. The van der Waals surface area contributed by atoms with Crippen LogP contribution in [0.2, 0.25) is 0 Å². The van der Waals surface area contributed by atoms with Crippen LogP contribution in [0, 0.1) is 5.92 Å². The molecule has 23 heavy (non-hydrogen) atoms. The Balaban J connectivity index is 2.10. The van der Waals surface area contributed by atoms with E-state index in [1.807, 2.05) is 6.07 Å². The highest BCUT2D eigenvalue weighted by Gasteiger charge is 2.23. The SMILES string of the molecule is CC(=O)C(Cc1ccc(C(=O)O)cc1)C(=O)Nc1ccccc1. The standard InChI is InChI=1S/C18H17NO4/c1-12(20)16(17(21)19-15-5-3-2-4-6-15)11-13-7-9-14(10-8-13)18(22)23/h2-10,16H,11H2,1H3,(H,19,21)(H,22,23). The molecule has 5 nitrogen and oxygen atoms in total. The van der Waals surface area contributed by atoms with Crippen LogP contribution in [0.5, 0.6) is 0 Å². The van der Waals surface area contributed by atoms with Gasteiger partial charge in [0, 0.05) is 5.69 Å². The molecule has 1 amide bonds. The number of Topliss-reactive ketones (excluding diaryl/α,β-unsaturated/α-hetero) is 1. The van der Waals surface area contributed by atoms with Crippen molar-refractivity contribution >= 4 is 23.3 Å². The highest BCUT2D eigenvalue weighted by atomic mass is 16.4. The van der Waals surface area contributed by atoms with Crippen LogP contribution in [0.15, 0.2) is 54.6 Å². The summed E-state index contributed by atoms with van der Waals surface area (Å²) in [6, 6.07) is 15.1. The summed E-state index contributed by atoms with van der Waals surface area (Å²) >= 11 is 0. The molecule has 0 aromatic heterocycles. The van der Waals surface area contributed by atoms with E-state index in [1.54, 1.807) is 36.4 Å². The van der Waals surface area contributed by atoms with Gasteiger partial charge in [0.05, 0.1) is 5.56 Å². The molecule has 0 aliphatic rings. The fraction of sp³-hybridized carbons (Fsp3) is 0.167. The highest BCUT2D eigenvalue weighted by Crippen LogP contribution is 2.15. The summed E-state index contributed by atoms with van der Waals surface area (Å²) < 4.78 is 0. The molecule has 0 bridgehead atoms. The number of carboxylic acid groups (broad SMARTS) is 1. The van der Waals surface area contributed by atoms with Gasteiger partial charge in [0.15, 0.2) is 0 Å². The van der Waals surface area contributed by atoms with E-state index in [0.29, 0.717) is 5.69 Å². The van der Waals surface area contributed by atoms with Crippen molar-refractivity contribution in [3.8, 4) is 0 Å². The summed E-state index contributed by atoms with van der Waals surface area (Å²) in [5.74, 6) is -2.43. The second kappa shape index (κ2) is 7.35. The number of nitrogens with one attached hydrogen (secondary N) is 1. The lowest BCUT2D eigenvalue weighted by atomic mass is 9.94. The third-order valence-corrected chi connectivity index (χ3v) is 3.49. The topological polar surface area (TPSA) is 83.5 Å². The Bertz CT molecular complexity index is 708. The average Bonchev–Trinajstić information content (AvgIpc) is 2.53. The maximum absolute atomic E-state index is 12.3. The maximum atomic E-state index is 12.3. The van der Waals surface area contributed by atoms with Crippen LogP contribution in [0.1, 0.15) is 22.8 Å². The zero-order valence-electron chi connectivity index (χ0n) is 12.7. The summed E-state index contributed by atoms with van der Waals surface area (Å²) in [5, 5.41) is 11.6. The second-order valence-electron chi connectivity index (χ2n) is 5.22. The Kier molecular flexibility index (Phi) is 5.25. The van der Waals surface area contributed by atoms with Gasteiger partial charge >= 0.3 is 5.97 Å². The quantitative estimate of drug-likeness (QED) is 0.804. The molecule has 118 valence electrons. The van der Waals surface area contributed by atoms with E-state index in [-0.39, 0.29) is 23.7 Å². The summed E-state index contributed by atoms with van der Waals surface area (Å²) in [5.41, 5.74) is 1.53. The molecule has 2 aromatic rings. The van der Waals surface area contributed by atoms with Crippen molar-refractivity contribution in [2.75, 3.05) is 5.32 Å². The molecule has 2 N–H and O–H groups in total. The van der Waals surface area contributed by atoms with Gasteiger partial charge in [0.25, 0.3) is 0 Å². The van der Waals surface area contributed by atoms with E-state index in [2.05, 4.69) is 5.32 Å². The van der Waals surface area contributed by atoms with Crippen molar-refractivity contribution in [1.29, 1.82) is 0 Å². The van der Waals surface area contributed by atoms with E-state index in [0.717, 1.165) is 5.56 Å². The molecule has 2 aromatic carbocycles. The minimum Gasteiger partial charge on any atom is -0.478 e. The number of carbonyl (C=O) groups excluding carboxylic acids is 2. The number of ketones is 1. The normalized spacial score (nSPS) is 11.5. The first-order valence-electron chi connectivity index (χ1n) is 7.16. The molecule has 0 aliphatic heterocycles. The number of aromatic carboxylic acids is 1. The van der Waals surface area contributed by atoms with Gasteiger partial charge in [0.1, 0.15) is 11.7 Å². The van der Waals surface area contributed by atoms with Crippen LogP contribution in [-0.2, 0) is 16.0 Å². The molecule has 2 rings (SSSR count). The number of hydrogen-bond donors (Lipinski definition) is 2. The molecular formula is C18H17NO4. The zero-order chi connectivity index (χ0) is 16.8. The monoisotopic (exact) mass is 311 g/mol. The third-order valence-electron chi connectivity index (χ3n) is 3.49. The summed E-state index contributed by atoms with van der Waals surface area (Å²) in [7, 11) is 0. The van der Waals surface area contributed by atoms with Crippen molar-refractivity contribution in [3.05, 3.63) is 65.7 Å². The Morgan fingerprint density at radius 3 is 2.13 bits per heavy atom. The van der Waals surface area contributed by atoms with Crippen molar-refractivity contribution in [2.24, 2.45) is 5.92 Å². The zero-order valence-corrected chi connectivity index (χ0v) is 12.7. The first-order valence-corrected chi connectivity index (χ1v) is 7.16. The molecule has 0 heterocycles. The lowest BCUT2D eigenvalue weighted by Gasteiger charge is -2.14. The first kappa shape index (κ1) is 16.4. The van der Waals surface area contributed by atoms with E-state index in [9.17, 15) is 14.4 Å². The summed E-state index contributed by atoms with van der Waals surface area (Å²) in [6.07, 6.45) is 0.230. The van der Waals surface area contributed by atoms with Crippen molar-refractivity contribution in [2.45, 2.75) is 13.3 Å². The fourth-order valence-electron chi connectivity index (χ4n) is 2.19. The lowest BCUT2D eigenvalue weighted by Crippen LogP contribution is -2.30. The number of hydrogen-bond acceptors (Lipinski definition) is 3. The second-order valence-corrected chi connectivity index (χ2v) is 5.22. The van der Waals surface area contributed by atoms with Crippen LogP contribution in [-0.4, -0.2) is 22.8 Å². The van der Waals surface area contributed by atoms with Crippen LogP contribution in [0.4, 0.5) is 5.69 Å². The number of carbonyl (C=O) groups is 3. The molecular weight excluding hydrogens is 294 g/mol. The van der Waals surface area contributed by atoms with Crippen LogP contribution in [0.25, 0.3) is 0 Å². The minimum atomic E-state index is -1.01. The van der Waals surface area contributed by atoms with E-state index >= 15 is 0 Å². The Labute approximate surface area is 134 Å². The van der Waals surface area contributed by atoms with Crippen LogP contribution >= 0.6 is 0 Å². The number of rotatable bonds is 6. The molecule has 1 atom stereocenters. The molecule has 0 fully saturated rings. The van der Waals surface area contributed by atoms with E-state index in [1.165, 1.54) is 19.1 Å².